The molecule has 2 atom stereocenters. The third-order valence-electron chi connectivity index (χ3n) is 6.19. The molecule has 0 saturated carbocycles. The first-order valence-corrected chi connectivity index (χ1v) is 11.1. The van der Waals surface area contributed by atoms with Crippen LogP contribution in [0.25, 0.3) is 5.57 Å². The van der Waals surface area contributed by atoms with Crippen molar-refractivity contribution in [3.05, 3.63) is 65.7 Å². The van der Waals surface area contributed by atoms with Crippen LogP contribution in [0.5, 0.6) is 11.5 Å². The number of hydrogen-bond donors (Lipinski definition) is 0. The van der Waals surface area contributed by atoms with Gasteiger partial charge in [0, 0.05) is 12.0 Å². The highest BCUT2D eigenvalue weighted by atomic mass is 16.6. The van der Waals surface area contributed by atoms with Crippen LogP contribution in [0.15, 0.2) is 54.6 Å². The number of rotatable bonds is 7. The average Bonchev–Trinajstić information content (AvgIpc) is 3.42. The maximum Gasteiger partial charge on any atom is 0.352 e. The van der Waals surface area contributed by atoms with E-state index in [4.69, 9.17) is 14.2 Å². The van der Waals surface area contributed by atoms with Crippen molar-refractivity contribution in [2.45, 2.75) is 37.9 Å². The van der Waals surface area contributed by atoms with Crippen molar-refractivity contribution < 1.29 is 23.5 Å². The third kappa shape index (κ3) is 5.10. The first kappa shape index (κ1) is 21.4. The molecule has 1 aliphatic heterocycles. The number of likely N-dealkylation sites (tertiary alicyclic amines) is 1. The molecule has 5 heteroatoms. The van der Waals surface area contributed by atoms with Gasteiger partial charge >= 0.3 is 5.97 Å². The van der Waals surface area contributed by atoms with Crippen LogP contribution in [-0.2, 0) is 9.53 Å². The molecular formula is C26H32NO4+. The Morgan fingerprint density at radius 2 is 1.81 bits per heavy atom. The van der Waals surface area contributed by atoms with Gasteiger partial charge in [0.15, 0.2) is 6.10 Å². The normalized spacial score (nSPS) is 20.7. The minimum Gasteiger partial charge on any atom is -0.497 e. The first-order valence-electron chi connectivity index (χ1n) is 11.1. The van der Waals surface area contributed by atoms with Crippen LogP contribution < -0.4 is 9.47 Å². The molecule has 1 aliphatic carbocycles. The Kier molecular flexibility index (Phi) is 6.33. The highest BCUT2D eigenvalue weighted by Gasteiger charge is 2.36. The van der Waals surface area contributed by atoms with E-state index in [1.165, 1.54) is 5.57 Å². The van der Waals surface area contributed by atoms with Gasteiger partial charge in [0.05, 0.1) is 27.7 Å². The number of benzene rings is 2. The van der Waals surface area contributed by atoms with Crippen LogP contribution in [0, 0.1) is 0 Å². The molecule has 5 nitrogen and oxygen atoms in total. The number of nitrogens with zero attached hydrogens (tertiary/aromatic N) is 1. The summed E-state index contributed by atoms with van der Waals surface area (Å²) in [5.74, 6) is 1.03. The Morgan fingerprint density at radius 3 is 2.45 bits per heavy atom. The number of allylic oxidation sites excluding steroid dienone is 2. The summed E-state index contributed by atoms with van der Waals surface area (Å²) in [6.45, 7) is 1.83. The van der Waals surface area contributed by atoms with E-state index in [1.54, 1.807) is 7.11 Å². The molecule has 2 aromatic rings. The molecule has 2 aliphatic rings. The van der Waals surface area contributed by atoms with E-state index in [0.29, 0.717) is 5.75 Å². The molecule has 0 spiro atoms. The van der Waals surface area contributed by atoms with Crippen LogP contribution in [0.3, 0.4) is 0 Å². The van der Waals surface area contributed by atoms with Gasteiger partial charge in [-0.2, -0.15) is 0 Å². The minimum atomic E-state index is -0.817. The predicted octanol–water partition coefficient (Wildman–Crippen LogP) is 4.77. The highest BCUT2D eigenvalue weighted by molar-refractivity contribution is 5.81. The smallest absolute Gasteiger partial charge is 0.352 e. The maximum absolute atomic E-state index is 13.4. The summed E-state index contributed by atoms with van der Waals surface area (Å²) in [6.07, 6.45) is 5.49. The highest BCUT2D eigenvalue weighted by Crippen LogP contribution is 2.35. The second kappa shape index (κ2) is 9.15. The van der Waals surface area contributed by atoms with E-state index in [0.717, 1.165) is 60.1 Å². The van der Waals surface area contributed by atoms with Crippen molar-refractivity contribution >= 4 is 11.5 Å². The van der Waals surface area contributed by atoms with Crippen molar-refractivity contribution in [1.82, 2.24) is 0 Å². The van der Waals surface area contributed by atoms with Crippen LogP contribution in [0.2, 0.25) is 0 Å². The molecule has 0 N–H and O–H groups in total. The topological polar surface area (TPSA) is 44.8 Å². The Labute approximate surface area is 184 Å². The van der Waals surface area contributed by atoms with Gasteiger partial charge in [0.2, 0.25) is 6.10 Å². The van der Waals surface area contributed by atoms with E-state index in [9.17, 15) is 4.79 Å². The fourth-order valence-corrected chi connectivity index (χ4v) is 4.51. The molecule has 0 amide bonds. The lowest BCUT2D eigenvalue weighted by Crippen LogP contribution is -2.38. The largest absolute Gasteiger partial charge is 0.497 e. The van der Waals surface area contributed by atoms with Crippen molar-refractivity contribution in [1.29, 1.82) is 0 Å². The fourth-order valence-electron chi connectivity index (χ4n) is 4.51. The SMILES string of the molecule is COc1ccc(OC(C(=O)OC2CC[N+](C)(C)C2)c2ccccc2C2=CCCC2)cc1. The monoisotopic (exact) mass is 422 g/mol. The predicted molar refractivity (Wildman–Crippen MR) is 121 cm³/mol. The Balaban J connectivity index is 1.63. The molecule has 0 aromatic heterocycles. The van der Waals surface area contributed by atoms with Crippen molar-refractivity contribution in [3.8, 4) is 11.5 Å². The van der Waals surface area contributed by atoms with Crippen molar-refractivity contribution in [2.24, 2.45) is 0 Å². The molecule has 0 bridgehead atoms. The number of ether oxygens (including phenoxy) is 3. The Bertz CT molecular complexity index is 948. The number of carbonyl (C=O) groups excluding carboxylic acids is 1. The quantitative estimate of drug-likeness (QED) is 0.476. The summed E-state index contributed by atoms with van der Waals surface area (Å²) in [4.78, 5) is 13.4. The standard InChI is InChI=1S/C26H32NO4/c1-27(2)17-16-22(18-27)31-26(28)25(30-21-14-12-20(29-3)13-15-21)24-11-7-6-10-23(24)19-8-4-5-9-19/h6-8,10-15,22,25H,4-5,9,16-18H2,1-3H3/q+1. The molecule has 1 fully saturated rings. The Morgan fingerprint density at radius 1 is 1.06 bits per heavy atom. The van der Waals surface area contributed by atoms with Crippen molar-refractivity contribution in [3.63, 3.8) is 0 Å². The van der Waals surface area contributed by atoms with E-state index < -0.39 is 6.10 Å². The summed E-state index contributed by atoms with van der Waals surface area (Å²) < 4.78 is 18.3. The van der Waals surface area contributed by atoms with Crippen LogP contribution in [0.4, 0.5) is 0 Å². The maximum atomic E-state index is 13.4. The average molecular weight is 423 g/mol. The van der Waals surface area contributed by atoms with Gasteiger partial charge in [-0.25, -0.2) is 4.79 Å². The molecule has 31 heavy (non-hydrogen) atoms. The number of carbonyl (C=O) groups is 1. The molecule has 1 saturated heterocycles. The van der Waals surface area contributed by atoms with Gasteiger partial charge in [-0.1, -0.05) is 30.3 Å². The molecule has 4 rings (SSSR count). The number of esters is 1. The molecule has 164 valence electrons. The second-order valence-corrected chi connectivity index (χ2v) is 9.07. The van der Waals surface area contributed by atoms with Gasteiger partial charge < -0.3 is 18.7 Å². The van der Waals surface area contributed by atoms with E-state index in [2.05, 4.69) is 26.2 Å². The molecule has 2 unspecified atom stereocenters. The summed E-state index contributed by atoms with van der Waals surface area (Å²) in [7, 11) is 5.96. The number of quaternary nitrogens is 1. The van der Waals surface area contributed by atoms with Crippen LogP contribution in [0.1, 0.15) is 42.9 Å². The minimum absolute atomic E-state index is 0.0812. The number of methoxy groups -OCH3 is 1. The van der Waals surface area contributed by atoms with Gasteiger partial charge in [0.1, 0.15) is 18.0 Å². The number of likely N-dealkylation sites (N-methyl/N-ethyl adjacent to an activating group) is 1. The lowest BCUT2D eigenvalue weighted by molar-refractivity contribution is -0.879. The third-order valence-corrected chi connectivity index (χ3v) is 6.19. The van der Waals surface area contributed by atoms with Gasteiger partial charge in [-0.05, 0) is 54.7 Å². The van der Waals surface area contributed by atoms with Gasteiger partial charge in [-0.3, -0.25) is 0 Å². The van der Waals surface area contributed by atoms with E-state index >= 15 is 0 Å². The zero-order valence-electron chi connectivity index (χ0n) is 18.7. The summed E-state index contributed by atoms with van der Waals surface area (Å²) in [6, 6.07) is 15.4. The van der Waals surface area contributed by atoms with E-state index in [1.807, 2.05) is 42.5 Å². The lowest BCUT2D eigenvalue weighted by Gasteiger charge is -2.25. The lowest BCUT2D eigenvalue weighted by atomic mass is 9.95. The summed E-state index contributed by atoms with van der Waals surface area (Å²) in [5, 5.41) is 0. The van der Waals surface area contributed by atoms with Gasteiger partial charge in [0.25, 0.3) is 0 Å². The number of hydrogen-bond acceptors (Lipinski definition) is 4. The zero-order valence-corrected chi connectivity index (χ0v) is 18.7. The second-order valence-electron chi connectivity index (χ2n) is 9.07. The first-order chi connectivity index (χ1) is 14.9. The Hall–Kier alpha value is -2.79. The zero-order chi connectivity index (χ0) is 21.8. The van der Waals surface area contributed by atoms with Gasteiger partial charge in [-0.15, -0.1) is 0 Å². The molecule has 0 radical (unpaired) electrons. The molecule has 2 aromatic carbocycles. The fraction of sp³-hybridized carbons (Fsp3) is 0.423. The van der Waals surface area contributed by atoms with Crippen LogP contribution >= 0.6 is 0 Å². The summed E-state index contributed by atoms with van der Waals surface area (Å²) >= 11 is 0. The van der Waals surface area contributed by atoms with Crippen LogP contribution in [-0.4, -0.2) is 50.9 Å². The molecule has 1 heterocycles. The van der Waals surface area contributed by atoms with Crippen molar-refractivity contribution in [2.75, 3.05) is 34.3 Å². The molecular weight excluding hydrogens is 390 g/mol. The summed E-state index contributed by atoms with van der Waals surface area (Å²) in [5.41, 5.74) is 3.23. The van der Waals surface area contributed by atoms with E-state index in [-0.39, 0.29) is 12.1 Å².